The normalized spacial score (nSPS) is 19.2. The fourth-order valence-electron chi connectivity index (χ4n) is 3.89. The van der Waals surface area contributed by atoms with E-state index >= 15 is 0 Å². The Morgan fingerprint density at radius 2 is 1.88 bits per heavy atom. The number of fused-ring (bicyclic) bond motifs is 1. The second-order valence-electron chi connectivity index (χ2n) is 8.36. The maximum Gasteiger partial charge on any atom is 0.291 e. The molecule has 1 heterocycles. The van der Waals surface area contributed by atoms with Crippen molar-refractivity contribution in [1.82, 2.24) is 10.0 Å². The van der Waals surface area contributed by atoms with Gasteiger partial charge in [0.15, 0.2) is 5.75 Å². The molecule has 0 unspecified atom stereocenters. The zero-order valence-electron chi connectivity index (χ0n) is 18.9. The minimum atomic E-state index is -3.24. The lowest BCUT2D eigenvalue weighted by Gasteiger charge is -2.28. The molecule has 0 radical (unpaired) electrons. The third kappa shape index (κ3) is 5.60. The molecule has 0 spiro atoms. The molecule has 2 amide bonds. The number of hydrogen-bond acceptors (Lipinski definition) is 6. The Bertz CT molecular complexity index is 1080. The number of carbonyl (C=O) groups is 2. The first-order valence-electron chi connectivity index (χ1n) is 10.9. The van der Waals surface area contributed by atoms with Crippen molar-refractivity contribution in [3.8, 4) is 5.75 Å². The summed E-state index contributed by atoms with van der Waals surface area (Å²) in [4.78, 5) is 25.2. The molecule has 1 aliphatic rings. The van der Waals surface area contributed by atoms with E-state index in [4.69, 9.17) is 9.15 Å². The minimum absolute atomic E-state index is 0.0498. The quantitative estimate of drug-likeness (QED) is 0.550. The van der Waals surface area contributed by atoms with Gasteiger partial charge in [-0.2, -0.15) is 0 Å². The molecular weight excluding hydrogens is 434 g/mol. The van der Waals surface area contributed by atoms with Crippen LogP contribution in [0, 0.1) is 5.92 Å². The average Bonchev–Trinajstić information content (AvgIpc) is 3.11. The van der Waals surface area contributed by atoms with E-state index in [2.05, 4.69) is 15.4 Å². The van der Waals surface area contributed by atoms with Gasteiger partial charge in [-0.15, -0.1) is 0 Å². The van der Waals surface area contributed by atoms with Crippen LogP contribution in [-0.2, 0) is 14.8 Å². The highest BCUT2D eigenvalue weighted by molar-refractivity contribution is 7.89. The van der Waals surface area contributed by atoms with E-state index in [-0.39, 0.29) is 41.3 Å². The Balaban J connectivity index is 1.68. The van der Waals surface area contributed by atoms with Gasteiger partial charge in [-0.05, 0) is 64.7 Å². The van der Waals surface area contributed by atoms with E-state index in [9.17, 15) is 18.0 Å². The van der Waals surface area contributed by atoms with Crippen LogP contribution in [0.3, 0.4) is 0 Å². The first-order chi connectivity index (χ1) is 15.1. The van der Waals surface area contributed by atoms with Crippen molar-refractivity contribution < 1.29 is 27.2 Å². The summed E-state index contributed by atoms with van der Waals surface area (Å²) in [6, 6.07) is 4.96. The lowest BCUT2D eigenvalue weighted by Crippen LogP contribution is -2.40. The van der Waals surface area contributed by atoms with Gasteiger partial charge in [0.25, 0.3) is 5.91 Å². The number of anilines is 1. The Kier molecular flexibility index (Phi) is 7.45. The minimum Gasteiger partial charge on any atom is -0.492 e. The average molecular weight is 466 g/mol. The number of methoxy groups -OCH3 is 1. The summed E-state index contributed by atoms with van der Waals surface area (Å²) in [6.45, 7) is 5.31. The number of benzene rings is 1. The van der Waals surface area contributed by atoms with Crippen molar-refractivity contribution in [2.45, 2.75) is 58.5 Å². The molecule has 1 aromatic carbocycles. The summed E-state index contributed by atoms with van der Waals surface area (Å²) < 4.78 is 37.3. The van der Waals surface area contributed by atoms with E-state index in [0.29, 0.717) is 48.1 Å². The summed E-state index contributed by atoms with van der Waals surface area (Å²) >= 11 is 0. The topological polar surface area (TPSA) is 127 Å². The highest BCUT2D eigenvalue weighted by atomic mass is 32.2. The van der Waals surface area contributed by atoms with Crippen LogP contribution in [-0.4, -0.2) is 45.2 Å². The molecule has 1 fully saturated rings. The number of amides is 2. The number of ether oxygens (including phenoxy) is 1. The molecule has 0 bridgehead atoms. The van der Waals surface area contributed by atoms with Gasteiger partial charge in [-0.25, -0.2) is 13.1 Å². The van der Waals surface area contributed by atoms with Gasteiger partial charge in [-0.1, -0.05) is 0 Å². The predicted molar refractivity (Wildman–Crippen MR) is 122 cm³/mol. The van der Waals surface area contributed by atoms with E-state index in [0.717, 1.165) is 0 Å². The van der Waals surface area contributed by atoms with Crippen molar-refractivity contribution in [3.05, 3.63) is 24.0 Å². The molecule has 0 atom stereocenters. The van der Waals surface area contributed by atoms with Crippen LogP contribution in [0.1, 0.15) is 57.0 Å². The summed E-state index contributed by atoms with van der Waals surface area (Å²) in [5.41, 5.74) is 1.06. The Hall–Kier alpha value is -2.59. The van der Waals surface area contributed by atoms with Crippen molar-refractivity contribution >= 4 is 38.5 Å². The molecule has 3 rings (SSSR count). The maximum atomic E-state index is 12.8. The predicted octanol–water partition coefficient (Wildman–Crippen LogP) is 3.02. The molecule has 9 nitrogen and oxygen atoms in total. The second-order valence-corrected chi connectivity index (χ2v) is 10.4. The molecule has 1 saturated carbocycles. The van der Waals surface area contributed by atoms with Crippen LogP contribution in [0.5, 0.6) is 5.75 Å². The molecule has 1 aromatic heterocycles. The van der Waals surface area contributed by atoms with Gasteiger partial charge in [-0.3, -0.25) is 9.59 Å². The van der Waals surface area contributed by atoms with Crippen LogP contribution in [0.2, 0.25) is 0 Å². The second kappa shape index (κ2) is 9.91. The summed E-state index contributed by atoms with van der Waals surface area (Å²) in [6.07, 6.45) is 2.47. The fraction of sp³-hybridized carbons (Fsp3) is 0.545. The van der Waals surface area contributed by atoms with E-state index in [1.54, 1.807) is 25.1 Å². The smallest absolute Gasteiger partial charge is 0.291 e. The zero-order chi connectivity index (χ0) is 23.5. The molecule has 3 N–H and O–H groups in total. The van der Waals surface area contributed by atoms with Crippen molar-refractivity contribution in [3.63, 3.8) is 0 Å². The van der Waals surface area contributed by atoms with E-state index in [1.165, 1.54) is 7.11 Å². The van der Waals surface area contributed by atoms with Crippen LogP contribution in [0.15, 0.2) is 22.6 Å². The molecule has 0 aliphatic heterocycles. The highest BCUT2D eigenvalue weighted by Gasteiger charge is 2.28. The number of nitrogens with one attached hydrogen (secondary N) is 3. The van der Waals surface area contributed by atoms with Gasteiger partial charge >= 0.3 is 0 Å². The molecule has 2 aromatic rings. The monoisotopic (exact) mass is 465 g/mol. The molecule has 10 heteroatoms. The van der Waals surface area contributed by atoms with E-state index < -0.39 is 10.0 Å². The SMILES string of the molecule is CCS(=O)(=O)N[C@H]1CC[C@H](C(=O)Nc2ccc3oc(C(=O)NC(C)C)c(OC)c3c2)CC1. The fourth-order valence-corrected chi connectivity index (χ4v) is 4.80. The molecular formula is C22H31N3O6S. The molecule has 0 saturated heterocycles. The van der Waals surface area contributed by atoms with Gasteiger partial charge in [0.1, 0.15) is 5.58 Å². The third-order valence-corrected chi connectivity index (χ3v) is 7.02. The van der Waals surface area contributed by atoms with Gasteiger partial charge in [0.05, 0.1) is 18.2 Å². The van der Waals surface area contributed by atoms with Crippen molar-refractivity contribution in [2.75, 3.05) is 18.2 Å². The summed E-state index contributed by atoms with van der Waals surface area (Å²) in [7, 11) is -1.78. The molecule has 32 heavy (non-hydrogen) atoms. The lowest BCUT2D eigenvalue weighted by atomic mass is 9.86. The Labute approximate surface area is 188 Å². The largest absolute Gasteiger partial charge is 0.492 e. The number of carbonyl (C=O) groups excluding carboxylic acids is 2. The molecule has 1 aliphatic carbocycles. The Morgan fingerprint density at radius 1 is 1.19 bits per heavy atom. The van der Waals surface area contributed by atoms with Crippen LogP contribution in [0.4, 0.5) is 5.69 Å². The number of hydrogen-bond donors (Lipinski definition) is 3. The van der Waals surface area contributed by atoms with Gasteiger partial charge < -0.3 is 19.8 Å². The van der Waals surface area contributed by atoms with E-state index in [1.807, 2.05) is 13.8 Å². The van der Waals surface area contributed by atoms with Gasteiger partial charge in [0, 0.05) is 23.7 Å². The van der Waals surface area contributed by atoms with Crippen molar-refractivity contribution in [1.29, 1.82) is 0 Å². The number of furan rings is 1. The highest BCUT2D eigenvalue weighted by Crippen LogP contribution is 2.35. The lowest BCUT2D eigenvalue weighted by molar-refractivity contribution is -0.120. The zero-order valence-corrected chi connectivity index (χ0v) is 19.7. The summed E-state index contributed by atoms with van der Waals surface area (Å²) in [5, 5.41) is 6.30. The Morgan fingerprint density at radius 3 is 2.47 bits per heavy atom. The van der Waals surface area contributed by atoms with Crippen LogP contribution < -0.4 is 20.1 Å². The molecule has 176 valence electrons. The van der Waals surface area contributed by atoms with Crippen LogP contribution >= 0.6 is 0 Å². The number of rotatable bonds is 8. The van der Waals surface area contributed by atoms with Crippen molar-refractivity contribution in [2.24, 2.45) is 5.92 Å². The van der Waals surface area contributed by atoms with Gasteiger partial charge in [0.2, 0.25) is 21.7 Å². The third-order valence-electron chi connectivity index (χ3n) is 5.56. The number of sulfonamides is 1. The first-order valence-corrected chi connectivity index (χ1v) is 12.5. The van der Waals surface area contributed by atoms with Crippen LogP contribution in [0.25, 0.3) is 11.0 Å². The standard InChI is InChI=1S/C22H31N3O6S/c1-5-32(28,29)25-15-8-6-14(7-9-15)21(26)24-16-10-11-18-17(12-16)19(30-4)20(31-18)22(27)23-13(2)3/h10-15,25H,5-9H2,1-4H3,(H,23,27)(H,24,26)/t14-,15-. The maximum absolute atomic E-state index is 12.8. The summed E-state index contributed by atoms with van der Waals surface area (Å²) in [5.74, 6) is -0.207. The first kappa shape index (κ1) is 24.1.